The predicted molar refractivity (Wildman–Crippen MR) is 75.6 cm³/mol. The zero-order chi connectivity index (χ0) is 13.8. The minimum absolute atomic E-state index is 0.468. The number of nitrogens with zero attached hydrogens (tertiary/aromatic N) is 1. The first kappa shape index (κ1) is 13.8. The molecule has 0 saturated carbocycles. The van der Waals surface area contributed by atoms with Crippen LogP contribution in [0.4, 0.5) is 0 Å². The van der Waals surface area contributed by atoms with Crippen LogP contribution in [0.3, 0.4) is 0 Å². The van der Waals surface area contributed by atoms with Crippen molar-refractivity contribution in [3.63, 3.8) is 0 Å². The number of pyridine rings is 1. The molecule has 0 amide bonds. The third-order valence-electron chi connectivity index (χ3n) is 2.60. The summed E-state index contributed by atoms with van der Waals surface area (Å²) in [5, 5.41) is 9.40. The van der Waals surface area contributed by atoms with Crippen LogP contribution in [0.1, 0.15) is 18.6 Å². The summed E-state index contributed by atoms with van der Waals surface area (Å²) in [6, 6.07) is 8.93. The van der Waals surface area contributed by atoms with Gasteiger partial charge >= 0.3 is 0 Å². The average molecular weight is 324 g/mol. The van der Waals surface area contributed by atoms with Crippen LogP contribution in [0.25, 0.3) is 0 Å². The molecule has 1 aromatic carbocycles. The van der Waals surface area contributed by atoms with Crippen LogP contribution in [-0.2, 0) is 0 Å². The average Bonchev–Trinajstić information content (AvgIpc) is 2.41. The van der Waals surface area contributed by atoms with Gasteiger partial charge in [0.2, 0.25) is 5.88 Å². The Morgan fingerprint density at radius 3 is 2.58 bits per heavy atom. The molecule has 19 heavy (non-hydrogen) atoms. The lowest BCUT2D eigenvalue weighted by molar-refractivity contribution is 0.198. The summed E-state index contributed by atoms with van der Waals surface area (Å²) in [6.45, 7) is 1.69. The molecule has 0 aliphatic carbocycles. The van der Waals surface area contributed by atoms with Crippen molar-refractivity contribution in [3.05, 3.63) is 46.6 Å². The van der Waals surface area contributed by atoms with Gasteiger partial charge in [0.15, 0.2) is 0 Å². The highest BCUT2D eigenvalue weighted by atomic mass is 79.9. The summed E-state index contributed by atoms with van der Waals surface area (Å²) in [5.74, 6) is 1.87. The van der Waals surface area contributed by atoms with E-state index in [9.17, 15) is 5.11 Å². The van der Waals surface area contributed by atoms with Gasteiger partial charge in [-0.15, -0.1) is 0 Å². The van der Waals surface area contributed by atoms with Crippen LogP contribution < -0.4 is 9.47 Å². The highest BCUT2D eigenvalue weighted by Crippen LogP contribution is 2.32. The van der Waals surface area contributed by atoms with Gasteiger partial charge in [-0.05, 0) is 52.7 Å². The fourth-order valence-electron chi connectivity index (χ4n) is 1.50. The quantitative estimate of drug-likeness (QED) is 0.932. The second-order valence-corrected chi connectivity index (χ2v) is 4.86. The van der Waals surface area contributed by atoms with Gasteiger partial charge in [-0.2, -0.15) is 0 Å². The first-order valence-electron chi connectivity index (χ1n) is 5.75. The fraction of sp³-hybridized carbons (Fsp3) is 0.214. The standard InChI is InChI=1S/C14H14BrNO3/c1-9(17)10-3-6-14(16-8-10)19-13-5-4-11(18-2)7-12(13)15/h3-9,17H,1-2H3. The summed E-state index contributed by atoms with van der Waals surface area (Å²) in [5.41, 5.74) is 0.751. The number of hydrogen-bond acceptors (Lipinski definition) is 4. The molecule has 1 aromatic heterocycles. The Morgan fingerprint density at radius 2 is 2.05 bits per heavy atom. The lowest BCUT2D eigenvalue weighted by atomic mass is 10.2. The molecule has 0 aliphatic rings. The molecule has 0 fully saturated rings. The summed E-state index contributed by atoms with van der Waals surface area (Å²) >= 11 is 3.41. The number of ether oxygens (including phenoxy) is 2. The van der Waals surface area contributed by atoms with E-state index < -0.39 is 6.10 Å². The van der Waals surface area contributed by atoms with Gasteiger partial charge in [0, 0.05) is 12.3 Å². The van der Waals surface area contributed by atoms with E-state index in [4.69, 9.17) is 9.47 Å². The Bertz CT molecular complexity index is 555. The maximum absolute atomic E-state index is 9.40. The van der Waals surface area contributed by atoms with Crippen molar-refractivity contribution in [1.82, 2.24) is 4.98 Å². The van der Waals surface area contributed by atoms with E-state index in [0.717, 1.165) is 15.8 Å². The predicted octanol–water partition coefficient (Wildman–Crippen LogP) is 3.70. The van der Waals surface area contributed by atoms with Crippen LogP contribution in [0, 0.1) is 0 Å². The molecule has 4 nitrogen and oxygen atoms in total. The smallest absolute Gasteiger partial charge is 0.219 e. The Kier molecular flexibility index (Phi) is 4.39. The summed E-state index contributed by atoms with van der Waals surface area (Å²) in [4.78, 5) is 4.14. The molecule has 2 aromatic rings. The van der Waals surface area contributed by atoms with E-state index in [1.807, 2.05) is 12.1 Å². The molecule has 1 unspecified atom stereocenters. The van der Waals surface area contributed by atoms with Crippen LogP contribution in [-0.4, -0.2) is 17.2 Å². The number of aliphatic hydroxyl groups is 1. The molecule has 0 bridgehead atoms. The van der Waals surface area contributed by atoms with Gasteiger partial charge < -0.3 is 14.6 Å². The third kappa shape index (κ3) is 3.45. The maximum atomic E-state index is 9.40. The largest absolute Gasteiger partial charge is 0.497 e. The van der Waals surface area contributed by atoms with Gasteiger partial charge in [0.25, 0.3) is 0 Å². The number of hydrogen-bond donors (Lipinski definition) is 1. The van der Waals surface area contributed by atoms with Crippen LogP contribution in [0.15, 0.2) is 41.0 Å². The topological polar surface area (TPSA) is 51.6 Å². The van der Waals surface area contributed by atoms with Gasteiger partial charge in [-0.25, -0.2) is 4.98 Å². The molecule has 0 saturated heterocycles. The van der Waals surface area contributed by atoms with Gasteiger partial charge in [-0.1, -0.05) is 0 Å². The third-order valence-corrected chi connectivity index (χ3v) is 3.21. The molecule has 5 heteroatoms. The van der Waals surface area contributed by atoms with E-state index in [-0.39, 0.29) is 0 Å². The van der Waals surface area contributed by atoms with Crippen LogP contribution >= 0.6 is 15.9 Å². The Balaban J connectivity index is 2.16. The van der Waals surface area contributed by atoms with E-state index in [2.05, 4.69) is 20.9 Å². The lowest BCUT2D eigenvalue weighted by Crippen LogP contribution is -1.94. The maximum Gasteiger partial charge on any atom is 0.219 e. The molecule has 100 valence electrons. The number of benzene rings is 1. The molecule has 0 aliphatic heterocycles. The molecule has 1 atom stereocenters. The number of methoxy groups -OCH3 is 1. The van der Waals surface area contributed by atoms with Crippen molar-refractivity contribution in [2.24, 2.45) is 0 Å². The Morgan fingerprint density at radius 1 is 1.26 bits per heavy atom. The second-order valence-electron chi connectivity index (χ2n) is 4.00. The first-order chi connectivity index (χ1) is 9.10. The number of rotatable bonds is 4. The Hall–Kier alpha value is -1.59. The summed E-state index contributed by atoms with van der Waals surface area (Å²) < 4.78 is 11.5. The van der Waals surface area contributed by atoms with Crippen LogP contribution in [0.2, 0.25) is 0 Å². The van der Waals surface area contributed by atoms with Crippen LogP contribution in [0.5, 0.6) is 17.4 Å². The number of aliphatic hydroxyl groups excluding tert-OH is 1. The highest BCUT2D eigenvalue weighted by Gasteiger charge is 2.06. The Labute approximate surface area is 120 Å². The summed E-state index contributed by atoms with van der Waals surface area (Å²) in [6.07, 6.45) is 1.06. The monoisotopic (exact) mass is 323 g/mol. The minimum Gasteiger partial charge on any atom is -0.497 e. The van der Waals surface area contributed by atoms with Crippen molar-refractivity contribution < 1.29 is 14.6 Å². The number of halogens is 1. The van der Waals surface area contributed by atoms with E-state index in [1.165, 1.54) is 0 Å². The zero-order valence-electron chi connectivity index (χ0n) is 10.6. The van der Waals surface area contributed by atoms with Crippen molar-refractivity contribution in [1.29, 1.82) is 0 Å². The van der Waals surface area contributed by atoms with E-state index in [0.29, 0.717) is 11.6 Å². The fourth-order valence-corrected chi connectivity index (χ4v) is 1.94. The molecular formula is C14H14BrNO3. The van der Waals surface area contributed by atoms with Gasteiger partial charge in [0.05, 0.1) is 17.7 Å². The van der Waals surface area contributed by atoms with Crippen molar-refractivity contribution in [2.45, 2.75) is 13.0 Å². The zero-order valence-corrected chi connectivity index (χ0v) is 12.2. The molecule has 2 rings (SSSR count). The molecule has 0 spiro atoms. The van der Waals surface area contributed by atoms with Gasteiger partial charge in [-0.3, -0.25) is 0 Å². The normalized spacial score (nSPS) is 12.0. The first-order valence-corrected chi connectivity index (χ1v) is 6.55. The SMILES string of the molecule is COc1ccc(Oc2ccc(C(C)O)cn2)c(Br)c1. The molecule has 1 N–H and O–H groups in total. The van der Waals surface area contributed by atoms with Gasteiger partial charge in [0.1, 0.15) is 11.5 Å². The van der Waals surface area contributed by atoms with Crippen molar-refractivity contribution >= 4 is 15.9 Å². The molecule has 0 radical (unpaired) electrons. The minimum atomic E-state index is -0.533. The second kappa shape index (κ2) is 6.04. The number of aromatic nitrogens is 1. The van der Waals surface area contributed by atoms with Crippen molar-refractivity contribution in [3.8, 4) is 17.4 Å². The highest BCUT2D eigenvalue weighted by molar-refractivity contribution is 9.10. The molecular weight excluding hydrogens is 310 g/mol. The van der Waals surface area contributed by atoms with E-state index >= 15 is 0 Å². The molecule has 1 heterocycles. The lowest BCUT2D eigenvalue weighted by Gasteiger charge is -2.09. The summed E-state index contributed by atoms with van der Waals surface area (Å²) in [7, 11) is 1.61. The van der Waals surface area contributed by atoms with Crippen molar-refractivity contribution in [2.75, 3.05) is 7.11 Å². The van der Waals surface area contributed by atoms with E-state index in [1.54, 1.807) is 38.4 Å².